The minimum Gasteiger partial charge on any atom is -0.376 e. The largest absolute Gasteiger partial charge is 0.376 e. The fourth-order valence-corrected chi connectivity index (χ4v) is 2.91. The molecular weight excluding hydrogens is 224 g/mol. The van der Waals surface area contributed by atoms with E-state index in [9.17, 15) is 0 Å². The van der Waals surface area contributed by atoms with Crippen molar-refractivity contribution in [3.8, 4) is 0 Å². The molecular formula is C15H22N2O. The molecule has 1 unspecified atom stereocenters. The highest BCUT2D eigenvalue weighted by atomic mass is 16.5. The third-order valence-corrected chi connectivity index (χ3v) is 4.03. The number of benzene rings is 1. The van der Waals surface area contributed by atoms with Crippen molar-refractivity contribution in [1.82, 2.24) is 5.32 Å². The van der Waals surface area contributed by atoms with E-state index >= 15 is 0 Å². The summed E-state index contributed by atoms with van der Waals surface area (Å²) in [6, 6.07) is 6.93. The Labute approximate surface area is 109 Å². The van der Waals surface area contributed by atoms with Gasteiger partial charge in [-0.1, -0.05) is 12.1 Å². The van der Waals surface area contributed by atoms with E-state index in [1.807, 2.05) is 0 Å². The van der Waals surface area contributed by atoms with Crippen molar-refractivity contribution in [1.29, 1.82) is 0 Å². The number of anilines is 1. The maximum absolute atomic E-state index is 5.74. The molecule has 1 atom stereocenters. The summed E-state index contributed by atoms with van der Waals surface area (Å²) in [6.07, 6.45) is 3.85. The number of nitrogens with zero attached hydrogens (tertiary/aromatic N) is 1. The lowest BCUT2D eigenvalue weighted by molar-refractivity contribution is 0.0238. The number of rotatable bonds is 3. The van der Waals surface area contributed by atoms with Gasteiger partial charge in [-0.05, 0) is 36.5 Å². The Morgan fingerprint density at radius 2 is 2.39 bits per heavy atom. The zero-order valence-corrected chi connectivity index (χ0v) is 11.1. The maximum Gasteiger partial charge on any atom is 0.0703 e. The number of nitrogens with one attached hydrogen (secondary N) is 1. The summed E-state index contributed by atoms with van der Waals surface area (Å²) in [7, 11) is 2.17. The van der Waals surface area contributed by atoms with E-state index in [2.05, 4.69) is 35.5 Å². The fraction of sp³-hybridized carbons (Fsp3) is 0.600. The Bertz CT molecular complexity index is 413. The van der Waals surface area contributed by atoms with Gasteiger partial charge in [0.25, 0.3) is 0 Å². The second kappa shape index (κ2) is 5.29. The van der Waals surface area contributed by atoms with Crippen LogP contribution in [0, 0.1) is 0 Å². The molecule has 3 nitrogen and oxygen atoms in total. The summed E-state index contributed by atoms with van der Waals surface area (Å²) in [5, 5.41) is 3.39. The maximum atomic E-state index is 5.74. The van der Waals surface area contributed by atoms with Gasteiger partial charge in [-0.15, -0.1) is 0 Å². The Balaban J connectivity index is 1.60. The van der Waals surface area contributed by atoms with Gasteiger partial charge in [0.1, 0.15) is 0 Å². The highest BCUT2D eigenvalue weighted by Crippen LogP contribution is 2.27. The van der Waals surface area contributed by atoms with Crippen LogP contribution in [-0.2, 0) is 17.6 Å². The molecule has 0 aromatic heterocycles. The van der Waals surface area contributed by atoms with Crippen LogP contribution in [0.25, 0.3) is 0 Å². The first-order valence-corrected chi connectivity index (χ1v) is 6.98. The number of aryl methyl sites for hydroxylation is 1. The molecule has 2 aliphatic heterocycles. The molecule has 1 fully saturated rings. The van der Waals surface area contributed by atoms with Crippen molar-refractivity contribution in [3.05, 3.63) is 29.3 Å². The standard InChI is InChI=1S/C15H22N2O/c1-17-8-6-13-10-12(3-5-15(13)17)2-4-14-11-16-7-9-18-14/h3,5,10,14,16H,2,4,6-9,11H2,1H3. The van der Waals surface area contributed by atoms with Crippen LogP contribution in [0.15, 0.2) is 18.2 Å². The first-order chi connectivity index (χ1) is 8.83. The predicted octanol–water partition coefficient (Wildman–Crippen LogP) is 1.60. The van der Waals surface area contributed by atoms with Crippen molar-refractivity contribution in [2.24, 2.45) is 0 Å². The van der Waals surface area contributed by atoms with Gasteiger partial charge < -0.3 is 15.0 Å². The minimum atomic E-state index is 0.398. The summed E-state index contributed by atoms with van der Waals surface area (Å²) in [5.74, 6) is 0. The van der Waals surface area contributed by atoms with E-state index in [1.165, 1.54) is 23.2 Å². The first kappa shape index (κ1) is 12.0. The van der Waals surface area contributed by atoms with Crippen molar-refractivity contribution in [2.75, 3.05) is 38.2 Å². The van der Waals surface area contributed by atoms with Gasteiger partial charge in [-0.3, -0.25) is 0 Å². The average molecular weight is 246 g/mol. The molecule has 0 saturated carbocycles. The van der Waals surface area contributed by atoms with E-state index in [0.717, 1.165) is 39.1 Å². The smallest absolute Gasteiger partial charge is 0.0703 e. The number of hydrogen-bond acceptors (Lipinski definition) is 3. The van der Waals surface area contributed by atoms with Gasteiger partial charge in [0.15, 0.2) is 0 Å². The summed E-state index contributed by atoms with van der Waals surface area (Å²) in [6.45, 7) is 4.03. The van der Waals surface area contributed by atoms with E-state index in [-0.39, 0.29) is 0 Å². The second-order valence-electron chi connectivity index (χ2n) is 5.37. The highest BCUT2D eigenvalue weighted by molar-refractivity contribution is 5.58. The molecule has 1 saturated heterocycles. The number of likely N-dealkylation sites (N-methyl/N-ethyl adjacent to an activating group) is 1. The number of hydrogen-bond donors (Lipinski definition) is 1. The minimum absolute atomic E-state index is 0.398. The van der Waals surface area contributed by atoms with Gasteiger partial charge >= 0.3 is 0 Å². The molecule has 1 aromatic carbocycles. The Morgan fingerprint density at radius 3 is 3.22 bits per heavy atom. The topological polar surface area (TPSA) is 24.5 Å². The van der Waals surface area contributed by atoms with E-state index in [0.29, 0.717) is 6.10 Å². The molecule has 0 spiro atoms. The fourth-order valence-electron chi connectivity index (χ4n) is 2.91. The molecule has 1 N–H and O–H groups in total. The second-order valence-corrected chi connectivity index (χ2v) is 5.37. The van der Waals surface area contributed by atoms with Crippen LogP contribution in [-0.4, -0.2) is 39.4 Å². The van der Waals surface area contributed by atoms with E-state index < -0.39 is 0 Å². The van der Waals surface area contributed by atoms with Crippen LogP contribution in [0.1, 0.15) is 17.5 Å². The predicted molar refractivity (Wildman–Crippen MR) is 74.3 cm³/mol. The lowest BCUT2D eigenvalue weighted by Crippen LogP contribution is -2.38. The molecule has 0 aliphatic carbocycles. The monoisotopic (exact) mass is 246 g/mol. The van der Waals surface area contributed by atoms with Gasteiger partial charge in [0.2, 0.25) is 0 Å². The molecule has 0 bridgehead atoms. The third kappa shape index (κ3) is 2.52. The van der Waals surface area contributed by atoms with E-state index in [1.54, 1.807) is 0 Å². The molecule has 18 heavy (non-hydrogen) atoms. The molecule has 3 rings (SSSR count). The van der Waals surface area contributed by atoms with E-state index in [4.69, 9.17) is 4.74 Å². The Morgan fingerprint density at radius 1 is 1.44 bits per heavy atom. The SMILES string of the molecule is CN1CCc2cc(CCC3CNCCO3)ccc21. The summed E-state index contributed by atoms with van der Waals surface area (Å²) in [5.41, 5.74) is 4.38. The molecule has 1 aromatic rings. The molecule has 2 heterocycles. The average Bonchev–Trinajstić information content (AvgIpc) is 2.79. The van der Waals surface area contributed by atoms with Crippen LogP contribution in [0.2, 0.25) is 0 Å². The summed E-state index contributed by atoms with van der Waals surface area (Å²) in [4.78, 5) is 2.34. The highest BCUT2D eigenvalue weighted by Gasteiger charge is 2.17. The molecule has 3 heteroatoms. The zero-order chi connectivity index (χ0) is 12.4. The Kier molecular flexibility index (Phi) is 3.52. The Hall–Kier alpha value is -1.06. The first-order valence-electron chi connectivity index (χ1n) is 6.98. The molecule has 0 radical (unpaired) electrons. The van der Waals surface area contributed by atoms with Crippen molar-refractivity contribution in [3.63, 3.8) is 0 Å². The summed E-state index contributed by atoms with van der Waals surface area (Å²) < 4.78 is 5.74. The quantitative estimate of drug-likeness (QED) is 0.877. The van der Waals surface area contributed by atoms with Crippen LogP contribution in [0.5, 0.6) is 0 Å². The van der Waals surface area contributed by atoms with Gasteiger partial charge in [0, 0.05) is 32.4 Å². The lowest BCUT2D eigenvalue weighted by atomic mass is 10.0. The van der Waals surface area contributed by atoms with Crippen LogP contribution >= 0.6 is 0 Å². The van der Waals surface area contributed by atoms with Crippen LogP contribution in [0.4, 0.5) is 5.69 Å². The molecule has 98 valence electrons. The van der Waals surface area contributed by atoms with Crippen molar-refractivity contribution < 1.29 is 4.74 Å². The number of morpholine rings is 1. The molecule has 2 aliphatic rings. The number of fused-ring (bicyclic) bond motifs is 1. The lowest BCUT2D eigenvalue weighted by Gasteiger charge is -2.23. The normalized spacial score (nSPS) is 23.2. The van der Waals surface area contributed by atoms with Gasteiger partial charge in [-0.2, -0.15) is 0 Å². The number of ether oxygens (including phenoxy) is 1. The van der Waals surface area contributed by atoms with Gasteiger partial charge in [0.05, 0.1) is 12.7 Å². The van der Waals surface area contributed by atoms with Crippen molar-refractivity contribution in [2.45, 2.75) is 25.4 Å². The summed E-state index contributed by atoms with van der Waals surface area (Å²) >= 11 is 0. The third-order valence-electron chi connectivity index (χ3n) is 4.03. The zero-order valence-electron chi connectivity index (χ0n) is 11.1. The van der Waals surface area contributed by atoms with Crippen LogP contribution < -0.4 is 10.2 Å². The van der Waals surface area contributed by atoms with Crippen LogP contribution in [0.3, 0.4) is 0 Å². The van der Waals surface area contributed by atoms with Crippen molar-refractivity contribution >= 4 is 5.69 Å². The van der Waals surface area contributed by atoms with Gasteiger partial charge in [-0.25, -0.2) is 0 Å². The molecule has 0 amide bonds.